The van der Waals surface area contributed by atoms with Gasteiger partial charge >= 0.3 is 0 Å². The molecule has 0 bridgehead atoms. The zero-order valence-corrected chi connectivity index (χ0v) is 12.0. The number of likely N-dealkylation sites (N-methyl/N-ethyl adjacent to an activating group) is 1. The van der Waals surface area contributed by atoms with Crippen LogP contribution in [-0.4, -0.2) is 42.5 Å². The number of piperazine rings is 1. The number of allylic oxidation sites excluding steroid dienone is 1. The molecule has 17 heavy (non-hydrogen) atoms. The van der Waals surface area contributed by atoms with Crippen LogP contribution >= 0.6 is 0 Å². The van der Waals surface area contributed by atoms with E-state index in [4.69, 9.17) is 0 Å². The third-order valence-corrected chi connectivity index (χ3v) is 3.80. The lowest BCUT2D eigenvalue weighted by molar-refractivity contribution is 0.110. The van der Waals surface area contributed by atoms with Crippen LogP contribution in [0.3, 0.4) is 0 Å². The minimum Gasteiger partial charge on any atom is -0.370 e. The third kappa shape index (κ3) is 4.71. The van der Waals surface area contributed by atoms with Crippen molar-refractivity contribution in [2.75, 3.05) is 26.7 Å². The Labute approximate surface area is 108 Å². The largest absolute Gasteiger partial charge is 0.370 e. The first kappa shape index (κ1) is 14.6. The summed E-state index contributed by atoms with van der Waals surface area (Å²) in [4.78, 5) is 5.05. The maximum absolute atomic E-state index is 4.31. The molecule has 100 valence electrons. The summed E-state index contributed by atoms with van der Waals surface area (Å²) in [7, 11) is 2.24. The smallest absolute Gasteiger partial charge is 0.0414 e. The second kappa shape index (κ2) is 7.75. The molecule has 0 aromatic carbocycles. The summed E-state index contributed by atoms with van der Waals surface area (Å²) in [6.07, 6.45) is 7.71. The predicted molar refractivity (Wildman–Crippen MR) is 76.2 cm³/mol. The molecule has 0 aromatic rings. The highest BCUT2D eigenvalue weighted by molar-refractivity contribution is 4.99. The standard InChI is InChI=1S/C15H30N2/c1-5-7-9-14(3)17-12-11-16(4)13-15(17)10-8-6-2/h15H,3,5-13H2,1-2,4H3. The summed E-state index contributed by atoms with van der Waals surface area (Å²) in [5.74, 6) is 0. The van der Waals surface area contributed by atoms with Crippen molar-refractivity contribution in [2.45, 2.75) is 58.4 Å². The maximum atomic E-state index is 4.31. The van der Waals surface area contributed by atoms with E-state index < -0.39 is 0 Å². The Morgan fingerprint density at radius 1 is 1.18 bits per heavy atom. The van der Waals surface area contributed by atoms with E-state index in [1.54, 1.807) is 0 Å². The first-order valence-corrected chi connectivity index (χ1v) is 7.32. The van der Waals surface area contributed by atoms with E-state index in [9.17, 15) is 0 Å². The van der Waals surface area contributed by atoms with E-state index in [1.807, 2.05) is 0 Å². The molecule has 1 aliphatic rings. The van der Waals surface area contributed by atoms with E-state index >= 15 is 0 Å². The first-order valence-electron chi connectivity index (χ1n) is 7.32. The molecule has 1 saturated heterocycles. The van der Waals surface area contributed by atoms with E-state index in [1.165, 1.54) is 63.9 Å². The Morgan fingerprint density at radius 2 is 1.88 bits per heavy atom. The monoisotopic (exact) mass is 238 g/mol. The van der Waals surface area contributed by atoms with Crippen molar-refractivity contribution in [3.05, 3.63) is 12.3 Å². The van der Waals surface area contributed by atoms with Gasteiger partial charge in [0.05, 0.1) is 0 Å². The quantitative estimate of drug-likeness (QED) is 0.670. The normalized spacial score (nSPS) is 21.8. The zero-order valence-electron chi connectivity index (χ0n) is 12.0. The second-order valence-electron chi connectivity index (χ2n) is 5.42. The van der Waals surface area contributed by atoms with Crippen LogP contribution in [-0.2, 0) is 0 Å². The summed E-state index contributed by atoms with van der Waals surface area (Å²) in [5.41, 5.74) is 1.38. The maximum Gasteiger partial charge on any atom is 0.0414 e. The SMILES string of the molecule is C=C(CCCC)N1CCN(C)CC1CCCC. The van der Waals surface area contributed by atoms with Crippen molar-refractivity contribution in [1.29, 1.82) is 0 Å². The lowest BCUT2D eigenvalue weighted by Gasteiger charge is -2.42. The van der Waals surface area contributed by atoms with Gasteiger partial charge in [0.1, 0.15) is 0 Å². The topological polar surface area (TPSA) is 6.48 Å². The van der Waals surface area contributed by atoms with Gasteiger partial charge in [0.2, 0.25) is 0 Å². The Balaban J connectivity index is 2.49. The Hall–Kier alpha value is -0.500. The summed E-state index contributed by atoms with van der Waals surface area (Å²) in [6, 6.07) is 0.707. The van der Waals surface area contributed by atoms with Gasteiger partial charge < -0.3 is 9.80 Å². The molecule has 1 unspecified atom stereocenters. The predicted octanol–water partition coefficient (Wildman–Crippen LogP) is 3.50. The molecule has 1 aliphatic heterocycles. The zero-order chi connectivity index (χ0) is 12.7. The minimum atomic E-state index is 0.707. The fraction of sp³-hybridized carbons (Fsp3) is 0.867. The van der Waals surface area contributed by atoms with Gasteiger partial charge in [-0.3, -0.25) is 0 Å². The Kier molecular flexibility index (Phi) is 6.64. The highest BCUT2D eigenvalue weighted by atomic mass is 15.3. The Morgan fingerprint density at radius 3 is 2.53 bits per heavy atom. The fourth-order valence-electron chi connectivity index (χ4n) is 2.64. The molecule has 1 fully saturated rings. The van der Waals surface area contributed by atoms with Crippen LogP contribution in [0.5, 0.6) is 0 Å². The lowest BCUT2D eigenvalue weighted by atomic mass is 10.0. The van der Waals surface area contributed by atoms with Crippen LogP contribution < -0.4 is 0 Å². The van der Waals surface area contributed by atoms with Gasteiger partial charge in [-0.25, -0.2) is 0 Å². The summed E-state index contributed by atoms with van der Waals surface area (Å²) in [5, 5.41) is 0. The Bertz CT molecular complexity index is 225. The molecule has 0 spiro atoms. The second-order valence-corrected chi connectivity index (χ2v) is 5.42. The van der Waals surface area contributed by atoms with Crippen molar-refractivity contribution in [1.82, 2.24) is 9.80 Å². The van der Waals surface area contributed by atoms with Crippen LogP contribution in [0.15, 0.2) is 12.3 Å². The molecule has 1 rings (SSSR count). The van der Waals surface area contributed by atoms with Crippen molar-refractivity contribution < 1.29 is 0 Å². The molecule has 2 nitrogen and oxygen atoms in total. The van der Waals surface area contributed by atoms with Gasteiger partial charge in [-0.05, 0) is 26.3 Å². The molecule has 0 aromatic heterocycles. The molecular weight excluding hydrogens is 208 g/mol. The lowest BCUT2D eigenvalue weighted by Crippen LogP contribution is -2.50. The number of hydrogen-bond acceptors (Lipinski definition) is 2. The summed E-state index contributed by atoms with van der Waals surface area (Å²) in [6.45, 7) is 12.4. The molecule has 1 heterocycles. The number of hydrogen-bond donors (Lipinski definition) is 0. The van der Waals surface area contributed by atoms with Gasteiger partial charge in [0, 0.05) is 31.4 Å². The van der Waals surface area contributed by atoms with Crippen molar-refractivity contribution in [3.8, 4) is 0 Å². The van der Waals surface area contributed by atoms with Crippen LogP contribution in [0, 0.1) is 0 Å². The number of rotatable bonds is 7. The molecule has 0 saturated carbocycles. The van der Waals surface area contributed by atoms with Crippen LogP contribution in [0.1, 0.15) is 52.4 Å². The molecule has 2 heteroatoms. The van der Waals surface area contributed by atoms with Gasteiger partial charge in [-0.1, -0.05) is 39.7 Å². The molecule has 0 N–H and O–H groups in total. The first-order chi connectivity index (χ1) is 8.19. The van der Waals surface area contributed by atoms with Gasteiger partial charge in [-0.15, -0.1) is 0 Å². The molecule has 0 radical (unpaired) electrons. The van der Waals surface area contributed by atoms with Gasteiger partial charge in [0.15, 0.2) is 0 Å². The average molecular weight is 238 g/mol. The van der Waals surface area contributed by atoms with E-state index in [0.717, 1.165) is 0 Å². The average Bonchev–Trinajstić information content (AvgIpc) is 2.33. The van der Waals surface area contributed by atoms with Crippen molar-refractivity contribution >= 4 is 0 Å². The highest BCUT2D eigenvalue weighted by Gasteiger charge is 2.25. The number of unbranched alkanes of at least 4 members (excludes halogenated alkanes) is 2. The molecule has 0 aliphatic carbocycles. The van der Waals surface area contributed by atoms with Crippen LogP contribution in [0.2, 0.25) is 0 Å². The highest BCUT2D eigenvalue weighted by Crippen LogP contribution is 2.21. The number of nitrogens with zero attached hydrogens (tertiary/aromatic N) is 2. The van der Waals surface area contributed by atoms with Crippen LogP contribution in [0.4, 0.5) is 0 Å². The van der Waals surface area contributed by atoms with Gasteiger partial charge in [0.25, 0.3) is 0 Å². The van der Waals surface area contributed by atoms with Crippen molar-refractivity contribution in [3.63, 3.8) is 0 Å². The molecular formula is C15H30N2. The molecule has 0 amide bonds. The van der Waals surface area contributed by atoms with Crippen molar-refractivity contribution in [2.24, 2.45) is 0 Å². The van der Waals surface area contributed by atoms with Crippen LogP contribution in [0.25, 0.3) is 0 Å². The third-order valence-electron chi connectivity index (χ3n) is 3.80. The fourth-order valence-corrected chi connectivity index (χ4v) is 2.64. The minimum absolute atomic E-state index is 0.707. The summed E-state index contributed by atoms with van der Waals surface area (Å²) >= 11 is 0. The van der Waals surface area contributed by atoms with E-state index in [2.05, 4.69) is 37.3 Å². The van der Waals surface area contributed by atoms with E-state index in [-0.39, 0.29) is 0 Å². The van der Waals surface area contributed by atoms with E-state index in [0.29, 0.717) is 6.04 Å². The van der Waals surface area contributed by atoms with Gasteiger partial charge in [-0.2, -0.15) is 0 Å². The summed E-state index contributed by atoms with van der Waals surface area (Å²) < 4.78 is 0. The molecule has 1 atom stereocenters.